The standard InChI is InChI=1S/C12H18N4O4S/c13-6-5-9-1-3-10(4-2-9)21(19,20)16(7-11(14)17)8-12(15)18/h1-4H,5-8,13H2,(H2,14,17)(H2,15,18). The van der Waals surface area contributed by atoms with Gasteiger partial charge in [0.05, 0.1) is 18.0 Å². The van der Waals surface area contributed by atoms with Crippen LogP contribution in [0.2, 0.25) is 0 Å². The minimum absolute atomic E-state index is 0.0502. The lowest BCUT2D eigenvalue weighted by molar-refractivity contribution is -0.120. The zero-order valence-corrected chi connectivity index (χ0v) is 12.2. The summed E-state index contributed by atoms with van der Waals surface area (Å²) in [5.41, 5.74) is 16.3. The lowest BCUT2D eigenvalue weighted by Crippen LogP contribution is -2.43. The Kier molecular flexibility index (Phi) is 5.82. The van der Waals surface area contributed by atoms with Crippen LogP contribution in [0.1, 0.15) is 5.56 Å². The van der Waals surface area contributed by atoms with E-state index in [-0.39, 0.29) is 4.90 Å². The van der Waals surface area contributed by atoms with Crippen LogP contribution in [0, 0.1) is 0 Å². The van der Waals surface area contributed by atoms with Gasteiger partial charge in [-0.05, 0) is 30.7 Å². The Morgan fingerprint density at radius 2 is 1.48 bits per heavy atom. The maximum absolute atomic E-state index is 12.4. The molecule has 8 nitrogen and oxygen atoms in total. The number of hydrogen-bond donors (Lipinski definition) is 3. The van der Waals surface area contributed by atoms with Crippen molar-refractivity contribution in [3.05, 3.63) is 29.8 Å². The van der Waals surface area contributed by atoms with Crippen LogP contribution in [0.3, 0.4) is 0 Å². The molecular formula is C12H18N4O4S. The Bertz CT molecular complexity index is 597. The Balaban J connectivity index is 3.09. The highest BCUT2D eigenvalue weighted by atomic mass is 32.2. The van der Waals surface area contributed by atoms with Crippen LogP contribution in [0.5, 0.6) is 0 Å². The van der Waals surface area contributed by atoms with E-state index in [1.165, 1.54) is 12.1 Å². The monoisotopic (exact) mass is 314 g/mol. The average Bonchev–Trinajstić information content (AvgIpc) is 2.38. The third-order valence-electron chi connectivity index (χ3n) is 2.66. The van der Waals surface area contributed by atoms with Gasteiger partial charge in [0.2, 0.25) is 21.8 Å². The highest BCUT2D eigenvalue weighted by molar-refractivity contribution is 7.89. The molecule has 0 saturated carbocycles. The summed E-state index contributed by atoms with van der Waals surface area (Å²) in [5, 5.41) is 0. The SMILES string of the molecule is NCCc1ccc(S(=O)(=O)N(CC(N)=O)CC(N)=O)cc1. The summed E-state index contributed by atoms with van der Waals surface area (Å²) in [6, 6.07) is 6.00. The number of nitrogens with zero attached hydrogens (tertiary/aromatic N) is 1. The van der Waals surface area contributed by atoms with Gasteiger partial charge >= 0.3 is 0 Å². The number of carbonyl (C=O) groups excluding carboxylic acids is 2. The van der Waals surface area contributed by atoms with E-state index < -0.39 is 34.9 Å². The van der Waals surface area contributed by atoms with Crippen molar-refractivity contribution in [3.63, 3.8) is 0 Å². The topological polar surface area (TPSA) is 150 Å². The van der Waals surface area contributed by atoms with Crippen molar-refractivity contribution < 1.29 is 18.0 Å². The van der Waals surface area contributed by atoms with Gasteiger partial charge < -0.3 is 17.2 Å². The smallest absolute Gasteiger partial charge is 0.244 e. The first-order valence-electron chi connectivity index (χ1n) is 6.13. The quantitative estimate of drug-likeness (QED) is 0.514. The molecule has 9 heteroatoms. The Labute approximate surface area is 122 Å². The van der Waals surface area contributed by atoms with Crippen LogP contribution in [0.4, 0.5) is 0 Å². The molecule has 0 aliphatic rings. The molecule has 1 rings (SSSR count). The number of rotatable bonds is 8. The molecule has 0 radical (unpaired) electrons. The van der Waals surface area contributed by atoms with Crippen LogP contribution in [-0.2, 0) is 26.0 Å². The van der Waals surface area contributed by atoms with E-state index in [0.717, 1.165) is 5.56 Å². The summed E-state index contributed by atoms with van der Waals surface area (Å²) in [6.45, 7) is -0.785. The van der Waals surface area contributed by atoms with Gasteiger partial charge in [-0.2, -0.15) is 4.31 Å². The van der Waals surface area contributed by atoms with Crippen molar-refractivity contribution in [1.29, 1.82) is 0 Å². The van der Waals surface area contributed by atoms with Crippen molar-refractivity contribution in [2.24, 2.45) is 17.2 Å². The molecule has 0 saturated heterocycles. The Morgan fingerprint density at radius 3 is 1.86 bits per heavy atom. The van der Waals surface area contributed by atoms with Crippen LogP contribution in [0.25, 0.3) is 0 Å². The van der Waals surface area contributed by atoms with E-state index in [1.807, 2.05) is 0 Å². The highest BCUT2D eigenvalue weighted by Gasteiger charge is 2.27. The molecule has 0 bridgehead atoms. The third kappa shape index (κ3) is 4.81. The van der Waals surface area contributed by atoms with Crippen LogP contribution >= 0.6 is 0 Å². The van der Waals surface area contributed by atoms with Gasteiger partial charge in [-0.15, -0.1) is 0 Å². The lowest BCUT2D eigenvalue weighted by atomic mass is 10.2. The molecule has 0 spiro atoms. The summed E-state index contributed by atoms with van der Waals surface area (Å²) >= 11 is 0. The normalized spacial score (nSPS) is 11.5. The summed E-state index contributed by atoms with van der Waals surface area (Å²) < 4.78 is 25.4. The molecule has 21 heavy (non-hydrogen) atoms. The maximum atomic E-state index is 12.4. The van der Waals surface area contributed by atoms with Gasteiger partial charge in [0.1, 0.15) is 0 Å². The molecule has 0 fully saturated rings. The first-order valence-corrected chi connectivity index (χ1v) is 7.57. The van der Waals surface area contributed by atoms with Gasteiger partial charge in [0, 0.05) is 0 Å². The van der Waals surface area contributed by atoms with Gasteiger partial charge in [-0.1, -0.05) is 12.1 Å². The van der Waals surface area contributed by atoms with Gasteiger partial charge in [0.25, 0.3) is 0 Å². The molecule has 2 amide bonds. The first-order chi connectivity index (χ1) is 9.77. The Morgan fingerprint density at radius 1 is 1.00 bits per heavy atom. The van der Waals surface area contributed by atoms with E-state index in [9.17, 15) is 18.0 Å². The van der Waals surface area contributed by atoms with Crippen molar-refractivity contribution in [3.8, 4) is 0 Å². The zero-order valence-electron chi connectivity index (χ0n) is 11.4. The molecule has 1 aromatic rings. The third-order valence-corrected chi connectivity index (χ3v) is 4.46. The molecular weight excluding hydrogens is 296 g/mol. The molecule has 0 aromatic heterocycles. The molecule has 0 heterocycles. The second-order valence-electron chi connectivity index (χ2n) is 4.39. The van der Waals surface area contributed by atoms with E-state index in [2.05, 4.69) is 0 Å². The van der Waals surface area contributed by atoms with Gasteiger partial charge in [0.15, 0.2) is 0 Å². The van der Waals surface area contributed by atoms with E-state index in [4.69, 9.17) is 17.2 Å². The van der Waals surface area contributed by atoms with Crippen molar-refractivity contribution in [2.75, 3.05) is 19.6 Å². The number of hydrogen-bond acceptors (Lipinski definition) is 5. The summed E-state index contributed by atoms with van der Waals surface area (Å²) in [6.07, 6.45) is 0.618. The summed E-state index contributed by atoms with van der Waals surface area (Å²) in [5.74, 6) is -1.75. The fourth-order valence-corrected chi connectivity index (χ4v) is 3.09. The minimum atomic E-state index is -4.02. The van der Waals surface area contributed by atoms with E-state index in [0.29, 0.717) is 17.3 Å². The van der Waals surface area contributed by atoms with Crippen LogP contribution < -0.4 is 17.2 Å². The molecule has 6 N–H and O–H groups in total. The van der Waals surface area contributed by atoms with Gasteiger partial charge in [-0.25, -0.2) is 8.42 Å². The average molecular weight is 314 g/mol. The number of primary amides is 2. The highest BCUT2D eigenvalue weighted by Crippen LogP contribution is 2.16. The number of sulfonamides is 1. The second kappa shape index (κ2) is 7.16. The lowest BCUT2D eigenvalue weighted by Gasteiger charge is -2.19. The van der Waals surface area contributed by atoms with Crippen LogP contribution in [-0.4, -0.2) is 44.2 Å². The fourth-order valence-electron chi connectivity index (χ4n) is 1.72. The van der Waals surface area contributed by atoms with Crippen molar-refractivity contribution >= 4 is 21.8 Å². The molecule has 1 aromatic carbocycles. The minimum Gasteiger partial charge on any atom is -0.369 e. The number of amides is 2. The molecule has 0 aliphatic carbocycles. The van der Waals surface area contributed by atoms with Gasteiger partial charge in [-0.3, -0.25) is 9.59 Å². The fraction of sp³-hybridized carbons (Fsp3) is 0.333. The predicted octanol–water partition coefficient (Wildman–Crippen LogP) is -1.85. The predicted molar refractivity (Wildman–Crippen MR) is 76.3 cm³/mol. The molecule has 0 unspecified atom stereocenters. The van der Waals surface area contributed by atoms with Crippen molar-refractivity contribution in [1.82, 2.24) is 4.31 Å². The summed E-state index contributed by atoms with van der Waals surface area (Å²) in [7, 11) is -4.02. The molecule has 116 valence electrons. The number of benzene rings is 1. The van der Waals surface area contributed by atoms with Crippen molar-refractivity contribution in [2.45, 2.75) is 11.3 Å². The maximum Gasteiger partial charge on any atom is 0.244 e. The molecule has 0 atom stereocenters. The number of nitrogens with two attached hydrogens (primary N) is 3. The van der Waals surface area contributed by atoms with E-state index >= 15 is 0 Å². The second-order valence-corrected chi connectivity index (χ2v) is 6.33. The largest absolute Gasteiger partial charge is 0.369 e. The molecule has 0 aliphatic heterocycles. The first kappa shape index (κ1) is 17.1. The van der Waals surface area contributed by atoms with Crippen LogP contribution in [0.15, 0.2) is 29.2 Å². The summed E-state index contributed by atoms with van der Waals surface area (Å²) in [4.78, 5) is 21.9. The Hall–Kier alpha value is -1.97. The van der Waals surface area contributed by atoms with E-state index in [1.54, 1.807) is 12.1 Å². The zero-order chi connectivity index (χ0) is 16.0. The number of carbonyl (C=O) groups is 2.